The molecular formula is C17H17N3. The molecule has 3 aromatic rings. The topological polar surface area (TPSA) is 50.9 Å². The Kier molecular flexibility index (Phi) is 3.25. The molecule has 0 atom stereocenters. The predicted octanol–water partition coefficient (Wildman–Crippen LogP) is 3.74. The first kappa shape index (κ1) is 12.5. The van der Waals surface area contributed by atoms with Crippen molar-refractivity contribution < 1.29 is 0 Å². The number of hydrogen-bond donors (Lipinski definition) is 2. The van der Waals surface area contributed by atoms with Gasteiger partial charge in [0, 0.05) is 29.5 Å². The molecule has 20 heavy (non-hydrogen) atoms. The summed E-state index contributed by atoms with van der Waals surface area (Å²) in [5, 5.41) is 4.61. The molecule has 3 N–H and O–H groups in total. The van der Waals surface area contributed by atoms with Gasteiger partial charge in [0.1, 0.15) is 0 Å². The van der Waals surface area contributed by atoms with Gasteiger partial charge in [-0.15, -0.1) is 0 Å². The molecule has 0 spiro atoms. The minimum Gasteiger partial charge on any atom is -0.398 e. The van der Waals surface area contributed by atoms with Crippen LogP contribution in [-0.2, 0) is 6.54 Å². The lowest BCUT2D eigenvalue weighted by Crippen LogP contribution is -2.03. The summed E-state index contributed by atoms with van der Waals surface area (Å²) in [5.41, 5.74) is 11.1. The molecule has 2 aromatic carbocycles. The Balaban J connectivity index is 1.89. The molecule has 3 heteroatoms. The van der Waals surface area contributed by atoms with E-state index >= 15 is 0 Å². The maximum atomic E-state index is 5.93. The number of nitrogens with zero attached hydrogens (tertiary/aromatic N) is 1. The number of benzene rings is 2. The molecule has 0 unspecified atom stereocenters. The minimum absolute atomic E-state index is 0.735. The lowest BCUT2D eigenvalue weighted by Gasteiger charge is -2.12. The van der Waals surface area contributed by atoms with Crippen molar-refractivity contribution in [1.29, 1.82) is 0 Å². The van der Waals surface area contributed by atoms with Crippen LogP contribution in [0.1, 0.15) is 11.1 Å². The van der Waals surface area contributed by atoms with Crippen molar-refractivity contribution in [2.24, 2.45) is 0 Å². The van der Waals surface area contributed by atoms with Crippen LogP contribution in [0.5, 0.6) is 0 Å². The number of nitrogens with two attached hydrogens (primary N) is 1. The van der Waals surface area contributed by atoms with Crippen molar-refractivity contribution in [2.75, 3.05) is 11.1 Å². The molecule has 0 radical (unpaired) electrons. The monoisotopic (exact) mass is 263 g/mol. The molecule has 3 rings (SSSR count). The van der Waals surface area contributed by atoms with Crippen LogP contribution in [0, 0.1) is 6.92 Å². The maximum Gasteiger partial charge on any atom is 0.0751 e. The first-order chi connectivity index (χ1) is 9.75. The summed E-state index contributed by atoms with van der Waals surface area (Å²) in [6, 6.07) is 16.2. The summed E-state index contributed by atoms with van der Waals surface area (Å²) in [5.74, 6) is 0. The van der Waals surface area contributed by atoms with Crippen LogP contribution in [0.3, 0.4) is 0 Å². The Morgan fingerprint density at radius 3 is 2.75 bits per heavy atom. The second kappa shape index (κ2) is 5.21. The molecule has 0 fully saturated rings. The molecule has 0 aliphatic heterocycles. The molecule has 0 bridgehead atoms. The molecule has 0 amide bonds. The van der Waals surface area contributed by atoms with E-state index in [-0.39, 0.29) is 0 Å². The molecule has 1 aromatic heterocycles. The van der Waals surface area contributed by atoms with Gasteiger partial charge in [0.25, 0.3) is 0 Å². The molecule has 100 valence electrons. The number of pyridine rings is 1. The van der Waals surface area contributed by atoms with E-state index in [1.165, 1.54) is 5.56 Å². The van der Waals surface area contributed by atoms with Crippen molar-refractivity contribution in [3.05, 3.63) is 65.9 Å². The van der Waals surface area contributed by atoms with Crippen LogP contribution >= 0.6 is 0 Å². The summed E-state index contributed by atoms with van der Waals surface area (Å²) in [7, 11) is 0. The summed E-state index contributed by atoms with van der Waals surface area (Å²) in [6.45, 7) is 2.76. The summed E-state index contributed by atoms with van der Waals surface area (Å²) < 4.78 is 0. The highest BCUT2D eigenvalue weighted by molar-refractivity contribution is 5.81. The van der Waals surface area contributed by atoms with Crippen molar-refractivity contribution >= 4 is 22.3 Å². The fraction of sp³-hybridized carbons (Fsp3) is 0.118. The Morgan fingerprint density at radius 1 is 1.05 bits per heavy atom. The van der Waals surface area contributed by atoms with E-state index < -0.39 is 0 Å². The molecular weight excluding hydrogens is 246 g/mol. The van der Waals surface area contributed by atoms with Crippen LogP contribution in [0.25, 0.3) is 10.9 Å². The van der Waals surface area contributed by atoms with Gasteiger partial charge in [-0.3, -0.25) is 4.98 Å². The molecule has 0 saturated heterocycles. The van der Waals surface area contributed by atoms with Crippen LogP contribution < -0.4 is 11.1 Å². The predicted molar refractivity (Wildman–Crippen MR) is 84.7 cm³/mol. The van der Waals surface area contributed by atoms with Crippen LogP contribution in [-0.4, -0.2) is 4.98 Å². The van der Waals surface area contributed by atoms with E-state index in [4.69, 9.17) is 5.73 Å². The van der Waals surface area contributed by atoms with E-state index in [0.29, 0.717) is 0 Å². The number of rotatable bonds is 3. The van der Waals surface area contributed by atoms with Gasteiger partial charge in [0.2, 0.25) is 0 Å². The average molecular weight is 263 g/mol. The highest BCUT2D eigenvalue weighted by Gasteiger charge is 2.04. The third-order valence-corrected chi connectivity index (χ3v) is 3.56. The highest BCUT2D eigenvalue weighted by Crippen LogP contribution is 2.22. The van der Waals surface area contributed by atoms with Gasteiger partial charge in [0.15, 0.2) is 0 Å². The van der Waals surface area contributed by atoms with Gasteiger partial charge in [-0.25, -0.2) is 0 Å². The fourth-order valence-electron chi connectivity index (χ4n) is 2.35. The fourth-order valence-corrected chi connectivity index (χ4v) is 2.35. The summed E-state index contributed by atoms with van der Waals surface area (Å²) >= 11 is 0. The number of para-hydroxylation sites is 1. The first-order valence-electron chi connectivity index (χ1n) is 6.67. The third kappa shape index (κ3) is 2.30. The number of hydrogen-bond acceptors (Lipinski definition) is 3. The third-order valence-electron chi connectivity index (χ3n) is 3.56. The zero-order valence-electron chi connectivity index (χ0n) is 11.4. The number of anilines is 2. The normalized spacial score (nSPS) is 10.7. The molecule has 0 saturated carbocycles. The largest absolute Gasteiger partial charge is 0.398 e. The minimum atomic E-state index is 0.735. The summed E-state index contributed by atoms with van der Waals surface area (Å²) in [4.78, 5) is 4.47. The second-order valence-corrected chi connectivity index (χ2v) is 4.87. The highest BCUT2D eigenvalue weighted by atomic mass is 14.9. The van der Waals surface area contributed by atoms with Crippen molar-refractivity contribution in [3.63, 3.8) is 0 Å². The standard InChI is InChI=1S/C17H17N3/c1-12-15(18)8-3-9-16(12)20-11-14-6-2-5-13-7-4-10-19-17(13)14/h2-10,20H,11,18H2,1H3. The molecule has 0 aliphatic rings. The Labute approximate surface area is 118 Å². The Morgan fingerprint density at radius 2 is 1.85 bits per heavy atom. The van der Waals surface area contributed by atoms with E-state index in [9.17, 15) is 0 Å². The zero-order chi connectivity index (χ0) is 13.9. The number of aromatic nitrogens is 1. The first-order valence-corrected chi connectivity index (χ1v) is 6.67. The van der Waals surface area contributed by atoms with Crippen molar-refractivity contribution in [3.8, 4) is 0 Å². The van der Waals surface area contributed by atoms with E-state index in [1.54, 1.807) is 0 Å². The number of nitrogens with one attached hydrogen (secondary N) is 1. The lowest BCUT2D eigenvalue weighted by molar-refractivity contribution is 1.14. The SMILES string of the molecule is Cc1c(N)cccc1NCc1cccc2cccnc12. The van der Waals surface area contributed by atoms with Gasteiger partial charge in [-0.05, 0) is 36.2 Å². The van der Waals surface area contributed by atoms with Gasteiger partial charge < -0.3 is 11.1 Å². The second-order valence-electron chi connectivity index (χ2n) is 4.87. The molecule has 1 heterocycles. The van der Waals surface area contributed by atoms with Crippen LogP contribution in [0.4, 0.5) is 11.4 Å². The smallest absolute Gasteiger partial charge is 0.0751 e. The molecule has 0 aliphatic carbocycles. The van der Waals surface area contributed by atoms with Gasteiger partial charge >= 0.3 is 0 Å². The van der Waals surface area contributed by atoms with Crippen LogP contribution in [0.15, 0.2) is 54.7 Å². The van der Waals surface area contributed by atoms with E-state index in [2.05, 4.69) is 34.6 Å². The number of fused-ring (bicyclic) bond motifs is 1. The van der Waals surface area contributed by atoms with E-state index in [0.717, 1.165) is 34.4 Å². The summed E-state index contributed by atoms with van der Waals surface area (Å²) in [6.07, 6.45) is 1.83. The van der Waals surface area contributed by atoms with Gasteiger partial charge in [0.05, 0.1) is 5.52 Å². The van der Waals surface area contributed by atoms with Crippen molar-refractivity contribution in [1.82, 2.24) is 4.98 Å². The molecule has 3 nitrogen and oxygen atoms in total. The zero-order valence-corrected chi connectivity index (χ0v) is 11.4. The van der Waals surface area contributed by atoms with Gasteiger partial charge in [-0.2, -0.15) is 0 Å². The Bertz CT molecular complexity index is 745. The van der Waals surface area contributed by atoms with E-state index in [1.807, 2.05) is 37.4 Å². The maximum absolute atomic E-state index is 5.93. The Hall–Kier alpha value is -2.55. The van der Waals surface area contributed by atoms with Crippen LogP contribution in [0.2, 0.25) is 0 Å². The van der Waals surface area contributed by atoms with Crippen molar-refractivity contribution in [2.45, 2.75) is 13.5 Å². The average Bonchev–Trinajstić information content (AvgIpc) is 2.49. The quantitative estimate of drug-likeness (QED) is 0.708. The lowest BCUT2D eigenvalue weighted by atomic mass is 10.1. The van der Waals surface area contributed by atoms with Gasteiger partial charge in [-0.1, -0.05) is 30.3 Å². The number of nitrogen functional groups attached to an aromatic ring is 1.